The van der Waals surface area contributed by atoms with E-state index in [0.717, 1.165) is 11.1 Å². The Labute approximate surface area is 166 Å². The molecule has 6 heteroatoms. The van der Waals surface area contributed by atoms with Gasteiger partial charge in [0.2, 0.25) is 5.91 Å². The number of amides is 2. The van der Waals surface area contributed by atoms with Crippen LogP contribution in [-0.2, 0) is 27.4 Å². The van der Waals surface area contributed by atoms with Crippen LogP contribution in [0.4, 0.5) is 4.79 Å². The summed E-state index contributed by atoms with van der Waals surface area (Å²) >= 11 is 0. The highest BCUT2D eigenvalue weighted by Gasteiger charge is 2.24. The molecule has 2 amide bonds. The maximum absolute atomic E-state index is 12.6. The summed E-state index contributed by atoms with van der Waals surface area (Å²) in [4.78, 5) is 24.7. The number of rotatable bonds is 8. The largest absolute Gasteiger partial charge is 0.444 e. The van der Waals surface area contributed by atoms with Crippen molar-refractivity contribution < 1.29 is 19.1 Å². The highest BCUT2D eigenvalue weighted by atomic mass is 16.6. The van der Waals surface area contributed by atoms with Gasteiger partial charge in [-0.1, -0.05) is 60.7 Å². The molecule has 0 unspecified atom stereocenters. The van der Waals surface area contributed by atoms with Crippen LogP contribution < -0.4 is 10.6 Å². The first kappa shape index (κ1) is 21.4. The molecular formula is C22H28N2O4. The van der Waals surface area contributed by atoms with Crippen molar-refractivity contribution in [3.8, 4) is 0 Å². The highest BCUT2D eigenvalue weighted by molar-refractivity contribution is 5.85. The van der Waals surface area contributed by atoms with Gasteiger partial charge in [0.05, 0.1) is 13.2 Å². The Hall–Kier alpha value is -2.86. The molecule has 0 aliphatic carbocycles. The number of carbonyl (C=O) groups is 2. The van der Waals surface area contributed by atoms with Crippen LogP contribution in [0.2, 0.25) is 0 Å². The van der Waals surface area contributed by atoms with Crippen molar-refractivity contribution in [2.24, 2.45) is 0 Å². The normalized spacial score (nSPS) is 12.1. The van der Waals surface area contributed by atoms with Crippen LogP contribution >= 0.6 is 0 Å². The number of ether oxygens (including phenoxy) is 2. The van der Waals surface area contributed by atoms with Gasteiger partial charge in [0.25, 0.3) is 0 Å². The van der Waals surface area contributed by atoms with E-state index >= 15 is 0 Å². The molecule has 0 aliphatic rings. The van der Waals surface area contributed by atoms with E-state index in [4.69, 9.17) is 9.47 Å². The fourth-order valence-corrected chi connectivity index (χ4v) is 2.41. The summed E-state index contributed by atoms with van der Waals surface area (Å²) in [6.45, 7) is 6.05. The summed E-state index contributed by atoms with van der Waals surface area (Å²) in [7, 11) is 0. The van der Waals surface area contributed by atoms with Gasteiger partial charge in [-0.2, -0.15) is 0 Å². The van der Waals surface area contributed by atoms with Gasteiger partial charge in [0.1, 0.15) is 11.6 Å². The zero-order valence-corrected chi connectivity index (χ0v) is 16.6. The predicted octanol–water partition coefficient (Wildman–Crippen LogP) is 3.41. The van der Waals surface area contributed by atoms with Crippen LogP contribution in [0, 0.1) is 0 Å². The molecule has 0 saturated heterocycles. The minimum absolute atomic E-state index is 0.0365. The first-order valence-electron chi connectivity index (χ1n) is 9.26. The van der Waals surface area contributed by atoms with Gasteiger partial charge in [-0.15, -0.1) is 0 Å². The Morgan fingerprint density at radius 2 is 1.50 bits per heavy atom. The Bertz CT molecular complexity index is 742. The second-order valence-electron chi connectivity index (χ2n) is 7.40. The van der Waals surface area contributed by atoms with E-state index in [1.54, 1.807) is 20.8 Å². The van der Waals surface area contributed by atoms with Crippen LogP contribution in [0.5, 0.6) is 0 Å². The van der Waals surface area contributed by atoms with Gasteiger partial charge in [0.15, 0.2) is 0 Å². The zero-order chi connectivity index (χ0) is 20.4. The predicted molar refractivity (Wildman–Crippen MR) is 108 cm³/mol. The lowest BCUT2D eigenvalue weighted by molar-refractivity contribution is -0.125. The lowest BCUT2D eigenvalue weighted by atomic mass is 10.2. The Kier molecular flexibility index (Phi) is 8.02. The molecule has 0 spiro atoms. The number of alkyl carbamates (subject to hydrolysis) is 1. The van der Waals surface area contributed by atoms with Gasteiger partial charge in [-0.3, -0.25) is 4.79 Å². The maximum Gasteiger partial charge on any atom is 0.408 e. The number of carbonyl (C=O) groups excluding carboxylic acids is 2. The SMILES string of the molecule is CC(C)(C)OC(=O)N[C@H](COCc1ccccc1)C(=O)NCc1ccccc1. The molecule has 6 nitrogen and oxygen atoms in total. The molecule has 0 radical (unpaired) electrons. The van der Waals surface area contributed by atoms with E-state index in [1.165, 1.54) is 0 Å². The van der Waals surface area contributed by atoms with Crippen molar-refractivity contribution in [3.63, 3.8) is 0 Å². The van der Waals surface area contributed by atoms with E-state index in [-0.39, 0.29) is 12.5 Å². The van der Waals surface area contributed by atoms with Crippen LogP contribution in [0.15, 0.2) is 60.7 Å². The molecule has 0 aliphatic heterocycles. The van der Waals surface area contributed by atoms with Crippen LogP contribution in [0.3, 0.4) is 0 Å². The topological polar surface area (TPSA) is 76.7 Å². The first-order chi connectivity index (χ1) is 13.3. The third-order valence-corrected chi connectivity index (χ3v) is 3.71. The monoisotopic (exact) mass is 384 g/mol. The van der Waals surface area contributed by atoms with Gasteiger partial charge in [0, 0.05) is 6.54 Å². The van der Waals surface area contributed by atoms with E-state index in [0.29, 0.717) is 13.2 Å². The quantitative estimate of drug-likeness (QED) is 0.731. The van der Waals surface area contributed by atoms with Crippen LogP contribution in [0.25, 0.3) is 0 Å². The fraction of sp³-hybridized carbons (Fsp3) is 0.364. The maximum atomic E-state index is 12.6. The van der Waals surface area contributed by atoms with Crippen molar-refractivity contribution in [2.45, 2.75) is 45.6 Å². The fourth-order valence-electron chi connectivity index (χ4n) is 2.41. The average Bonchev–Trinajstić information content (AvgIpc) is 2.65. The van der Waals surface area contributed by atoms with Gasteiger partial charge in [-0.25, -0.2) is 4.79 Å². The lowest BCUT2D eigenvalue weighted by Gasteiger charge is -2.23. The summed E-state index contributed by atoms with van der Waals surface area (Å²) in [5.74, 6) is -0.331. The van der Waals surface area contributed by atoms with Crippen molar-refractivity contribution in [1.82, 2.24) is 10.6 Å². The second-order valence-corrected chi connectivity index (χ2v) is 7.40. The van der Waals surface area contributed by atoms with Crippen LogP contribution in [0.1, 0.15) is 31.9 Å². The van der Waals surface area contributed by atoms with Crippen molar-refractivity contribution in [1.29, 1.82) is 0 Å². The summed E-state index contributed by atoms with van der Waals surface area (Å²) in [6.07, 6.45) is -0.657. The Balaban J connectivity index is 1.93. The van der Waals surface area contributed by atoms with E-state index in [9.17, 15) is 9.59 Å². The van der Waals surface area contributed by atoms with E-state index in [1.807, 2.05) is 60.7 Å². The summed E-state index contributed by atoms with van der Waals surface area (Å²) in [6, 6.07) is 18.3. The van der Waals surface area contributed by atoms with Gasteiger partial charge in [-0.05, 0) is 31.9 Å². The number of nitrogens with one attached hydrogen (secondary N) is 2. The molecule has 28 heavy (non-hydrogen) atoms. The molecule has 2 rings (SSSR count). The summed E-state index contributed by atoms with van der Waals surface area (Å²) in [5, 5.41) is 5.42. The molecule has 150 valence electrons. The molecule has 2 N–H and O–H groups in total. The molecule has 0 aromatic heterocycles. The standard InChI is InChI=1S/C22H28N2O4/c1-22(2,3)28-21(26)24-19(16-27-15-18-12-8-5-9-13-18)20(25)23-14-17-10-6-4-7-11-17/h4-13,19H,14-16H2,1-3H3,(H,23,25)(H,24,26)/t19-/m1/s1. The molecule has 0 heterocycles. The van der Waals surface area contributed by atoms with Crippen LogP contribution in [-0.4, -0.2) is 30.3 Å². The number of benzene rings is 2. The molecule has 1 atom stereocenters. The molecule has 0 fully saturated rings. The molecule has 0 saturated carbocycles. The first-order valence-corrected chi connectivity index (χ1v) is 9.26. The van der Waals surface area contributed by atoms with Gasteiger partial charge >= 0.3 is 6.09 Å². The smallest absolute Gasteiger partial charge is 0.408 e. The van der Waals surface area contributed by atoms with Crippen molar-refractivity contribution >= 4 is 12.0 Å². The molecule has 0 bridgehead atoms. The van der Waals surface area contributed by atoms with Crippen molar-refractivity contribution in [2.75, 3.05) is 6.61 Å². The van der Waals surface area contributed by atoms with E-state index < -0.39 is 17.7 Å². The molecule has 2 aromatic carbocycles. The zero-order valence-electron chi connectivity index (χ0n) is 16.6. The van der Waals surface area contributed by atoms with E-state index in [2.05, 4.69) is 10.6 Å². The number of hydrogen-bond donors (Lipinski definition) is 2. The minimum atomic E-state index is -0.859. The highest BCUT2D eigenvalue weighted by Crippen LogP contribution is 2.07. The summed E-state index contributed by atoms with van der Waals surface area (Å²) in [5.41, 5.74) is 1.31. The second kappa shape index (κ2) is 10.5. The van der Waals surface area contributed by atoms with Gasteiger partial charge < -0.3 is 20.1 Å². The van der Waals surface area contributed by atoms with Crippen molar-refractivity contribution in [3.05, 3.63) is 71.8 Å². The number of hydrogen-bond acceptors (Lipinski definition) is 4. The average molecular weight is 384 g/mol. The minimum Gasteiger partial charge on any atom is -0.444 e. The third kappa shape index (κ3) is 8.22. The Morgan fingerprint density at radius 3 is 2.07 bits per heavy atom. The third-order valence-electron chi connectivity index (χ3n) is 3.71. The molecular weight excluding hydrogens is 356 g/mol. The molecule has 2 aromatic rings. The lowest BCUT2D eigenvalue weighted by Crippen LogP contribution is -2.50. The Morgan fingerprint density at radius 1 is 0.929 bits per heavy atom. The summed E-state index contributed by atoms with van der Waals surface area (Å²) < 4.78 is 10.9.